The molecule has 0 aromatic heterocycles. The highest BCUT2D eigenvalue weighted by molar-refractivity contribution is 8.01. The molecule has 2 atom stereocenters. The Hall–Kier alpha value is -0.510. The Kier molecular flexibility index (Phi) is 4.64. The first kappa shape index (κ1) is 14.6. The van der Waals surface area contributed by atoms with E-state index in [4.69, 9.17) is 0 Å². The standard InChI is InChI=1S/C13H23NO2S/c1-6-12(16)11-7-10(17-13(3,4)5)8-14(11)9(2)15/h10-11H,6-8H2,1-5H3/t10-,11+/m1/s1. The van der Waals surface area contributed by atoms with E-state index in [0.717, 1.165) is 6.42 Å². The third-order valence-electron chi connectivity index (χ3n) is 2.91. The molecule has 4 heteroatoms. The molecule has 0 spiro atoms. The second kappa shape index (κ2) is 5.42. The summed E-state index contributed by atoms with van der Waals surface area (Å²) in [5.74, 6) is 0.214. The van der Waals surface area contributed by atoms with Crippen molar-refractivity contribution < 1.29 is 9.59 Å². The normalized spacial score (nSPS) is 25.1. The van der Waals surface area contributed by atoms with Crippen LogP contribution < -0.4 is 0 Å². The van der Waals surface area contributed by atoms with Crippen LogP contribution in [0.1, 0.15) is 47.5 Å². The van der Waals surface area contributed by atoms with Gasteiger partial charge >= 0.3 is 0 Å². The van der Waals surface area contributed by atoms with Gasteiger partial charge in [-0.3, -0.25) is 9.59 Å². The number of Topliss-reactive ketones (excluding diaryl/α,β-unsaturated/α-hetero) is 1. The quantitative estimate of drug-likeness (QED) is 0.779. The number of carbonyl (C=O) groups excluding carboxylic acids is 2. The van der Waals surface area contributed by atoms with Crippen LogP contribution in [0, 0.1) is 0 Å². The minimum atomic E-state index is -0.183. The first-order valence-electron chi connectivity index (χ1n) is 6.22. The van der Waals surface area contributed by atoms with Gasteiger partial charge in [0.2, 0.25) is 5.91 Å². The van der Waals surface area contributed by atoms with Crippen molar-refractivity contribution in [3.05, 3.63) is 0 Å². The first-order valence-corrected chi connectivity index (χ1v) is 7.10. The highest BCUT2D eigenvalue weighted by atomic mass is 32.2. The van der Waals surface area contributed by atoms with Gasteiger partial charge in [0.15, 0.2) is 5.78 Å². The molecule has 0 bridgehead atoms. The molecule has 0 radical (unpaired) electrons. The molecule has 0 aromatic rings. The molecular weight excluding hydrogens is 234 g/mol. The van der Waals surface area contributed by atoms with Crippen LogP contribution in [0.25, 0.3) is 0 Å². The Labute approximate surface area is 108 Å². The van der Waals surface area contributed by atoms with Crippen molar-refractivity contribution in [3.8, 4) is 0 Å². The van der Waals surface area contributed by atoms with Gasteiger partial charge in [0.05, 0.1) is 6.04 Å². The largest absolute Gasteiger partial charge is 0.332 e. The molecule has 1 fully saturated rings. The predicted octanol–water partition coefficient (Wildman–Crippen LogP) is 2.49. The minimum absolute atomic E-state index is 0.0220. The number of carbonyl (C=O) groups is 2. The molecule has 98 valence electrons. The monoisotopic (exact) mass is 257 g/mol. The highest BCUT2D eigenvalue weighted by Gasteiger charge is 2.38. The first-order chi connectivity index (χ1) is 7.74. The minimum Gasteiger partial charge on any atom is -0.332 e. The zero-order valence-corrected chi connectivity index (χ0v) is 12.3. The summed E-state index contributed by atoms with van der Waals surface area (Å²) in [5, 5.41) is 0.388. The average molecular weight is 257 g/mol. The number of rotatable bonds is 3. The van der Waals surface area contributed by atoms with Crippen molar-refractivity contribution in [2.45, 2.75) is 63.5 Å². The molecule has 3 nitrogen and oxygen atoms in total. The van der Waals surface area contributed by atoms with Gasteiger partial charge in [-0.25, -0.2) is 0 Å². The molecule has 0 aliphatic carbocycles. The van der Waals surface area contributed by atoms with Crippen LogP contribution in [0.2, 0.25) is 0 Å². The van der Waals surface area contributed by atoms with E-state index in [1.807, 2.05) is 18.7 Å². The van der Waals surface area contributed by atoms with Crippen LogP contribution in [-0.2, 0) is 9.59 Å². The molecule has 1 aliphatic heterocycles. The summed E-state index contributed by atoms with van der Waals surface area (Å²) in [6, 6.07) is -0.183. The van der Waals surface area contributed by atoms with Crippen molar-refractivity contribution in [2.75, 3.05) is 6.54 Å². The number of nitrogens with zero attached hydrogens (tertiary/aromatic N) is 1. The molecule has 1 heterocycles. The zero-order chi connectivity index (χ0) is 13.2. The van der Waals surface area contributed by atoms with E-state index < -0.39 is 0 Å². The fraction of sp³-hybridized carbons (Fsp3) is 0.846. The summed E-state index contributed by atoms with van der Waals surface area (Å²) in [5.41, 5.74) is 0. The van der Waals surface area contributed by atoms with Crippen molar-refractivity contribution >= 4 is 23.5 Å². The number of thioether (sulfide) groups is 1. The van der Waals surface area contributed by atoms with Crippen molar-refractivity contribution in [2.24, 2.45) is 0 Å². The van der Waals surface area contributed by atoms with Crippen molar-refractivity contribution in [1.29, 1.82) is 0 Å². The Morgan fingerprint density at radius 1 is 1.35 bits per heavy atom. The fourth-order valence-electron chi connectivity index (χ4n) is 2.27. The third kappa shape index (κ3) is 4.02. The molecule has 0 unspecified atom stereocenters. The van der Waals surface area contributed by atoms with Gasteiger partial charge in [-0.05, 0) is 6.42 Å². The lowest BCUT2D eigenvalue weighted by atomic mass is 10.1. The number of likely N-dealkylation sites (tertiary alicyclic amines) is 1. The molecule has 1 aliphatic rings. The Balaban J connectivity index is 2.72. The van der Waals surface area contributed by atoms with Crippen LogP contribution in [0.4, 0.5) is 0 Å². The second-order valence-electron chi connectivity index (χ2n) is 5.59. The summed E-state index contributed by atoms with van der Waals surface area (Å²) in [6.45, 7) is 10.7. The fourth-order valence-corrected chi connectivity index (χ4v) is 3.79. The lowest BCUT2D eigenvalue weighted by Crippen LogP contribution is -2.39. The highest BCUT2D eigenvalue weighted by Crippen LogP contribution is 2.36. The molecule has 1 amide bonds. The van der Waals surface area contributed by atoms with E-state index in [1.165, 1.54) is 0 Å². The maximum Gasteiger partial charge on any atom is 0.220 e. The maximum atomic E-state index is 11.8. The molecule has 0 aromatic carbocycles. The van der Waals surface area contributed by atoms with Crippen molar-refractivity contribution in [3.63, 3.8) is 0 Å². The van der Waals surface area contributed by atoms with Crippen molar-refractivity contribution in [1.82, 2.24) is 4.90 Å². The number of amides is 1. The van der Waals surface area contributed by atoms with Gasteiger partial charge in [-0.15, -0.1) is 0 Å². The van der Waals surface area contributed by atoms with E-state index >= 15 is 0 Å². The van der Waals surface area contributed by atoms with Crippen LogP contribution in [0.3, 0.4) is 0 Å². The van der Waals surface area contributed by atoms with Gasteiger partial charge in [-0.1, -0.05) is 27.7 Å². The van der Waals surface area contributed by atoms with Gasteiger partial charge in [-0.2, -0.15) is 11.8 Å². The molecule has 1 saturated heterocycles. The topological polar surface area (TPSA) is 37.4 Å². The molecule has 0 N–H and O–H groups in total. The van der Waals surface area contributed by atoms with Crippen LogP contribution in [0.15, 0.2) is 0 Å². The summed E-state index contributed by atoms with van der Waals surface area (Å²) in [7, 11) is 0. The van der Waals surface area contributed by atoms with Crippen LogP contribution in [0.5, 0.6) is 0 Å². The van der Waals surface area contributed by atoms with E-state index in [-0.39, 0.29) is 22.5 Å². The predicted molar refractivity (Wildman–Crippen MR) is 72.2 cm³/mol. The van der Waals surface area contributed by atoms with E-state index in [9.17, 15) is 9.59 Å². The smallest absolute Gasteiger partial charge is 0.220 e. The Morgan fingerprint density at radius 3 is 2.35 bits per heavy atom. The van der Waals surface area contributed by atoms with E-state index in [2.05, 4.69) is 20.8 Å². The summed E-state index contributed by atoms with van der Waals surface area (Å²) in [4.78, 5) is 25.1. The van der Waals surface area contributed by atoms with Gasteiger partial charge in [0, 0.05) is 29.9 Å². The Bertz CT molecular complexity index is 309. The van der Waals surface area contributed by atoms with E-state index in [0.29, 0.717) is 18.2 Å². The molecule has 0 saturated carbocycles. The summed E-state index contributed by atoms with van der Waals surface area (Å²) in [6.07, 6.45) is 1.33. The number of hydrogen-bond donors (Lipinski definition) is 0. The van der Waals surface area contributed by atoms with Gasteiger partial charge in [0.25, 0.3) is 0 Å². The maximum absolute atomic E-state index is 11.8. The Morgan fingerprint density at radius 2 is 1.94 bits per heavy atom. The van der Waals surface area contributed by atoms with Crippen LogP contribution >= 0.6 is 11.8 Å². The molecular formula is C13H23NO2S. The second-order valence-corrected chi connectivity index (χ2v) is 7.72. The number of ketones is 1. The van der Waals surface area contributed by atoms with Gasteiger partial charge in [0.1, 0.15) is 0 Å². The van der Waals surface area contributed by atoms with E-state index in [1.54, 1.807) is 11.8 Å². The van der Waals surface area contributed by atoms with Gasteiger partial charge < -0.3 is 4.90 Å². The zero-order valence-electron chi connectivity index (χ0n) is 11.4. The third-order valence-corrected chi connectivity index (χ3v) is 4.29. The number of hydrogen-bond acceptors (Lipinski definition) is 3. The van der Waals surface area contributed by atoms with Crippen LogP contribution in [-0.4, -0.2) is 39.2 Å². The summed E-state index contributed by atoms with van der Waals surface area (Å²) < 4.78 is 0.178. The SMILES string of the molecule is CCC(=O)[C@@H]1C[C@@H](SC(C)(C)C)CN1C(C)=O. The summed E-state index contributed by atoms with van der Waals surface area (Å²) >= 11 is 1.87. The molecule has 1 rings (SSSR count). The lowest BCUT2D eigenvalue weighted by molar-refractivity contribution is -0.135. The lowest BCUT2D eigenvalue weighted by Gasteiger charge is -2.23. The molecule has 17 heavy (non-hydrogen) atoms. The average Bonchev–Trinajstić information content (AvgIpc) is 2.57.